The molecule has 3 N–H and O–H groups in total. The number of halogens is 3. The second-order valence-electron chi connectivity index (χ2n) is 5.61. The summed E-state index contributed by atoms with van der Waals surface area (Å²) in [7, 11) is 1.47. The van der Waals surface area contributed by atoms with E-state index >= 15 is 0 Å². The summed E-state index contributed by atoms with van der Waals surface area (Å²) >= 11 is 23.3. The zero-order valence-corrected chi connectivity index (χ0v) is 17.6. The number of amides is 1. The first-order valence-electron chi connectivity index (χ1n) is 7.85. The average Bonchev–Trinajstić information content (AvgIpc) is 2.62. The molecule has 0 aliphatic carbocycles. The summed E-state index contributed by atoms with van der Waals surface area (Å²) in [6.45, 7) is 1.98. The van der Waals surface area contributed by atoms with Gasteiger partial charge in [-0.1, -0.05) is 64.6 Å². The Labute approximate surface area is 178 Å². The lowest BCUT2D eigenvalue weighted by molar-refractivity contribution is 0.0931. The number of rotatable bonds is 5. The van der Waals surface area contributed by atoms with Gasteiger partial charge in [0.1, 0.15) is 11.9 Å². The maximum atomic E-state index is 12.6. The van der Waals surface area contributed by atoms with Gasteiger partial charge < -0.3 is 20.7 Å². The average molecular weight is 447 g/mol. The minimum atomic E-state index is -1.85. The van der Waals surface area contributed by atoms with E-state index in [1.54, 1.807) is 24.3 Å². The van der Waals surface area contributed by atoms with Crippen LogP contribution < -0.4 is 20.7 Å². The molecule has 0 aromatic heterocycles. The zero-order chi connectivity index (χ0) is 20.0. The summed E-state index contributed by atoms with van der Waals surface area (Å²) in [5.74, 6) is -0.0761. The standard InChI is InChI=1S/C18H18Cl3N3O2S/c1-11-7-9-12(10-8-11)22-17(27)24-16(18(19,20)21)23-15(25)13-5-3-4-6-14(13)26-2/h3-10,16H,1-2H3,(H,23,25)(H2,22,24,27)/t16-/m1/s1. The van der Waals surface area contributed by atoms with Crippen LogP contribution in [0, 0.1) is 6.92 Å². The Kier molecular flexibility index (Phi) is 7.56. The van der Waals surface area contributed by atoms with Gasteiger partial charge in [0.25, 0.3) is 5.91 Å². The van der Waals surface area contributed by atoms with Crippen LogP contribution in [0.4, 0.5) is 5.69 Å². The largest absolute Gasteiger partial charge is 0.496 e. The molecule has 0 radical (unpaired) electrons. The van der Waals surface area contributed by atoms with Crippen molar-refractivity contribution in [1.82, 2.24) is 10.6 Å². The van der Waals surface area contributed by atoms with Gasteiger partial charge in [0.2, 0.25) is 3.79 Å². The summed E-state index contributed by atoms with van der Waals surface area (Å²) in [5, 5.41) is 8.60. The molecular formula is C18H18Cl3N3O2S. The van der Waals surface area contributed by atoms with Crippen LogP contribution in [0.2, 0.25) is 0 Å². The van der Waals surface area contributed by atoms with E-state index in [9.17, 15) is 4.79 Å². The topological polar surface area (TPSA) is 62.4 Å². The van der Waals surface area contributed by atoms with E-state index in [0.717, 1.165) is 11.3 Å². The van der Waals surface area contributed by atoms with Gasteiger partial charge in [-0.15, -0.1) is 0 Å². The number of hydrogen-bond acceptors (Lipinski definition) is 3. The van der Waals surface area contributed by atoms with Crippen LogP contribution in [0.25, 0.3) is 0 Å². The van der Waals surface area contributed by atoms with Crippen LogP contribution in [0.5, 0.6) is 5.75 Å². The van der Waals surface area contributed by atoms with Crippen molar-refractivity contribution in [3.8, 4) is 5.75 Å². The van der Waals surface area contributed by atoms with E-state index in [1.807, 2.05) is 31.2 Å². The summed E-state index contributed by atoms with van der Waals surface area (Å²) < 4.78 is 3.33. The highest BCUT2D eigenvalue weighted by atomic mass is 35.6. The van der Waals surface area contributed by atoms with E-state index < -0.39 is 15.9 Å². The van der Waals surface area contributed by atoms with Crippen molar-refractivity contribution in [2.45, 2.75) is 16.9 Å². The molecule has 2 rings (SSSR count). The lowest BCUT2D eigenvalue weighted by atomic mass is 10.2. The lowest BCUT2D eigenvalue weighted by Crippen LogP contribution is -2.56. The Bertz CT molecular complexity index is 810. The summed E-state index contributed by atoms with van der Waals surface area (Å²) in [6.07, 6.45) is -1.08. The number of thiocarbonyl (C=S) groups is 1. The molecule has 1 atom stereocenters. The third-order valence-corrected chi connectivity index (χ3v) is 4.41. The number of methoxy groups -OCH3 is 1. The van der Waals surface area contributed by atoms with Gasteiger partial charge in [-0.25, -0.2) is 0 Å². The SMILES string of the molecule is COc1ccccc1C(=O)N[C@H](NC(=S)Nc1ccc(C)cc1)C(Cl)(Cl)Cl. The van der Waals surface area contributed by atoms with Crippen molar-refractivity contribution in [3.63, 3.8) is 0 Å². The molecular weight excluding hydrogens is 429 g/mol. The van der Waals surface area contributed by atoms with Crippen LogP contribution in [0.1, 0.15) is 15.9 Å². The third kappa shape index (κ3) is 6.43. The predicted molar refractivity (Wildman–Crippen MR) is 115 cm³/mol. The van der Waals surface area contributed by atoms with Crippen LogP contribution in [-0.4, -0.2) is 28.1 Å². The van der Waals surface area contributed by atoms with Crippen LogP contribution in [-0.2, 0) is 0 Å². The van der Waals surface area contributed by atoms with Gasteiger partial charge in [0.05, 0.1) is 12.7 Å². The molecule has 0 saturated carbocycles. The van der Waals surface area contributed by atoms with Gasteiger partial charge in [0.15, 0.2) is 5.11 Å². The molecule has 0 unspecified atom stereocenters. The number of carbonyl (C=O) groups excluding carboxylic acids is 1. The number of para-hydroxylation sites is 1. The van der Waals surface area contributed by atoms with Gasteiger partial charge in [-0.2, -0.15) is 0 Å². The molecule has 0 bridgehead atoms. The Morgan fingerprint density at radius 2 is 1.70 bits per heavy atom. The molecule has 0 spiro atoms. The first kappa shape index (κ1) is 21.6. The molecule has 27 heavy (non-hydrogen) atoms. The molecule has 5 nitrogen and oxygen atoms in total. The highest BCUT2D eigenvalue weighted by molar-refractivity contribution is 7.80. The highest BCUT2D eigenvalue weighted by Gasteiger charge is 2.35. The maximum absolute atomic E-state index is 12.6. The molecule has 0 aliphatic heterocycles. The molecule has 2 aromatic carbocycles. The molecule has 9 heteroatoms. The first-order valence-corrected chi connectivity index (χ1v) is 9.39. The van der Waals surface area contributed by atoms with Crippen LogP contribution in [0.3, 0.4) is 0 Å². The van der Waals surface area contributed by atoms with Crippen molar-refractivity contribution >= 4 is 63.7 Å². The quantitative estimate of drug-likeness (QED) is 0.361. The third-order valence-electron chi connectivity index (χ3n) is 3.54. The minimum absolute atomic E-state index is 0.190. The van der Waals surface area contributed by atoms with E-state index in [1.165, 1.54) is 7.11 Å². The predicted octanol–water partition coefficient (Wildman–Crippen LogP) is 4.42. The normalized spacial score (nSPS) is 12.0. The molecule has 0 saturated heterocycles. The fraction of sp³-hybridized carbons (Fsp3) is 0.222. The molecule has 0 aliphatic rings. The summed E-state index contributed by atoms with van der Waals surface area (Å²) in [4.78, 5) is 12.6. The fourth-order valence-corrected chi connectivity index (χ4v) is 2.74. The first-order chi connectivity index (χ1) is 12.7. The van der Waals surface area contributed by atoms with E-state index in [4.69, 9.17) is 51.8 Å². The number of nitrogens with one attached hydrogen (secondary N) is 3. The summed E-state index contributed by atoms with van der Waals surface area (Å²) in [5.41, 5.74) is 2.18. The van der Waals surface area contributed by atoms with Crippen molar-refractivity contribution in [3.05, 3.63) is 59.7 Å². The second kappa shape index (κ2) is 9.46. The van der Waals surface area contributed by atoms with E-state index in [2.05, 4.69) is 16.0 Å². The maximum Gasteiger partial charge on any atom is 0.256 e. The number of carbonyl (C=O) groups is 1. The van der Waals surface area contributed by atoms with Gasteiger partial charge in [0, 0.05) is 5.69 Å². The van der Waals surface area contributed by atoms with Gasteiger partial charge in [-0.3, -0.25) is 4.79 Å². The molecule has 2 aromatic rings. The zero-order valence-electron chi connectivity index (χ0n) is 14.6. The molecule has 0 fully saturated rings. The number of anilines is 1. The fourth-order valence-electron chi connectivity index (χ4n) is 2.18. The molecule has 0 heterocycles. The molecule has 144 valence electrons. The number of aryl methyl sites for hydroxylation is 1. The van der Waals surface area contributed by atoms with Gasteiger partial charge >= 0.3 is 0 Å². The van der Waals surface area contributed by atoms with Crippen LogP contribution in [0.15, 0.2) is 48.5 Å². The number of hydrogen-bond donors (Lipinski definition) is 3. The minimum Gasteiger partial charge on any atom is -0.496 e. The highest BCUT2D eigenvalue weighted by Crippen LogP contribution is 2.30. The Hall–Kier alpha value is -1.73. The van der Waals surface area contributed by atoms with E-state index in [0.29, 0.717) is 11.3 Å². The lowest BCUT2D eigenvalue weighted by Gasteiger charge is -2.28. The smallest absolute Gasteiger partial charge is 0.256 e. The van der Waals surface area contributed by atoms with Crippen molar-refractivity contribution in [2.75, 3.05) is 12.4 Å². The number of benzene rings is 2. The van der Waals surface area contributed by atoms with Crippen LogP contribution >= 0.6 is 47.0 Å². The van der Waals surface area contributed by atoms with Crippen molar-refractivity contribution in [2.24, 2.45) is 0 Å². The van der Waals surface area contributed by atoms with Gasteiger partial charge in [-0.05, 0) is 43.4 Å². The second-order valence-corrected chi connectivity index (χ2v) is 8.39. The summed E-state index contributed by atoms with van der Waals surface area (Å²) in [6, 6.07) is 14.3. The Morgan fingerprint density at radius 3 is 2.30 bits per heavy atom. The van der Waals surface area contributed by atoms with E-state index in [-0.39, 0.29) is 5.11 Å². The Balaban J connectivity index is 2.10. The number of ether oxygens (including phenoxy) is 1. The monoisotopic (exact) mass is 445 g/mol. The van der Waals surface area contributed by atoms with Crippen molar-refractivity contribution < 1.29 is 9.53 Å². The van der Waals surface area contributed by atoms with Crippen molar-refractivity contribution in [1.29, 1.82) is 0 Å². The number of alkyl halides is 3. The molecule has 1 amide bonds. The Morgan fingerprint density at radius 1 is 1.07 bits per heavy atom.